The van der Waals surface area contributed by atoms with Crippen LogP contribution in [0.15, 0.2) is 0 Å². The quantitative estimate of drug-likeness (QED) is 0.157. The fourth-order valence-corrected chi connectivity index (χ4v) is 2.99. The molecule has 12 heteroatoms. The van der Waals surface area contributed by atoms with Gasteiger partial charge in [-0.1, -0.05) is 20.3 Å². The minimum Gasteiger partial charge on any atom is -0.480 e. The molecule has 0 heterocycles. The number of aliphatic hydroxyl groups is 1. The van der Waals surface area contributed by atoms with Crippen LogP contribution in [0.2, 0.25) is 0 Å². The van der Waals surface area contributed by atoms with E-state index >= 15 is 0 Å². The summed E-state index contributed by atoms with van der Waals surface area (Å²) in [5.41, 5.74) is 5.76. The molecule has 0 aliphatic carbocycles. The van der Waals surface area contributed by atoms with Crippen LogP contribution in [0.3, 0.4) is 0 Å². The van der Waals surface area contributed by atoms with Crippen molar-refractivity contribution in [2.24, 2.45) is 11.7 Å². The van der Waals surface area contributed by atoms with Crippen molar-refractivity contribution in [1.29, 1.82) is 0 Å². The van der Waals surface area contributed by atoms with Crippen LogP contribution in [0.1, 0.15) is 26.7 Å². The average Bonchev–Trinajstić information content (AvgIpc) is 2.70. The molecular weight excluding hydrogens is 420 g/mol. The largest absolute Gasteiger partial charge is 0.480 e. The number of rotatable bonds is 14. The second kappa shape index (κ2) is 14.5. The van der Waals surface area contributed by atoms with Crippen LogP contribution in [0.5, 0.6) is 0 Å². The first-order valence-electron chi connectivity index (χ1n) is 9.22. The highest BCUT2D eigenvalue weighted by atomic mass is 32.2. The summed E-state index contributed by atoms with van der Waals surface area (Å²) in [5, 5.41) is 25.8. The van der Waals surface area contributed by atoms with E-state index in [0.717, 1.165) is 0 Å². The first-order valence-corrected chi connectivity index (χ1v) is 11.3. The molecule has 7 N–H and O–H groups in total. The minimum absolute atomic E-state index is 0.120. The molecule has 0 aromatic heterocycles. The molecule has 0 aliphatic heterocycles. The molecule has 168 valence electrons. The molecule has 3 amide bonds. The van der Waals surface area contributed by atoms with Crippen molar-refractivity contribution in [2.45, 2.75) is 50.9 Å². The van der Waals surface area contributed by atoms with Crippen LogP contribution in [0.4, 0.5) is 0 Å². The van der Waals surface area contributed by atoms with Gasteiger partial charge < -0.3 is 31.9 Å². The van der Waals surface area contributed by atoms with Gasteiger partial charge in [-0.25, -0.2) is 4.79 Å². The van der Waals surface area contributed by atoms with E-state index in [-0.39, 0.29) is 11.7 Å². The Balaban J connectivity index is 5.16. The van der Waals surface area contributed by atoms with Crippen LogP contribution >= 0.6 is 24.4 Å². The van der Waals surface area contributed by atoms with Crippen molar-refractivity contribution in [1.82, 2.24) is 16.0 Å². The highest BCUT2D eigenvalue weighted by molar-refractivity contribution is 7.98. The number of aliphatic hydroxyl groups excluding tert-OH is 1. The number of carbonyl (C=O) groups is 4. The molecule has 29 heavy (non-hydrogen) atoms. The Morgan fingerprint density at radius 1 is 1.07 bits per heavy atom. The van der Waals surface area contributed by atoms with Crippen molar-refractivity contribution in [3.8, 4) is 0 Å². The summed E-state index contributed by atoms with van der Waals surface area (Å²) >= 11 is 5.42. The lowest BCUT2D eigenvalue weighted by Crippen LogP contribution is -2.59. The van der Waals surface area contributed by atoms with Crippen molar-refractivity contribution >= 4 is 48.1 Å². The Kier molecular flexibility index (Phi) is 13.7. The summed E-state index contributed by atoms with van der Waals surface area (Å²) in [6.45, 7) is 2.84. The highest BCUT2D eigenvalue weighted by Crippen LogP contribution is 2.09. The molecule has 0 saturated heterocycles. The number of hydrogen-bond acceptors (Lipinski definition) is 8. The fraction of sp³-hybridized carbons (Fsp3) is 0.765. The van der Waals surface area contributed by atoms with E-state index < -0.39 is 54.5 Å². The predicted octanol–water partition coefficient (Wildman–Crippen LogP) is -1.43. The number of carboxylic acid groups (broad SMARTS) is 1. The Morgan fingerprint density at radius 2 is 1.66 bits per heavy atom. The Bertz CT molecular complexity index is 566. The molecular formula is C17H32N4O6S2. The van der Waals surface area contributed by atoms with Gasteiger partial charge in [-0.05, 0) is 24.3 Å². The zero-order valence-corrected chi connectivity index (χ0v) is 18.6. The molecule has 0 aliphatic rings. The van der Waals surface area contributed by atoms with Crippen LogP contribution < -0.4 is 21.7 Å². The molecule has 0 bridgehead atoms. The van der Waals surface area contributed by atoms with Crippen molar-refractivity contribution in [2.75, 3.05) is 24.4 Å². The smallest absolute Gasteiger partial charge is 0.327 e. The number of nitrogens with two attached hydrogens (primary N) is 1. The van der Waals surface area contributed by atoms with E-state index in [0.29, 0.717) is 18.6 Å². The molecule has 0 rings (SSSR count). The zero-order chi connectivity index (χ0) is 22.6. The van der Waals surface area contributed by atoms with Crippen molar-refractivity contribution in [3.05, 3.63) is 0 Å². The summed E-state index contributed by atoms with van der Waals surface area (Å²) in [6.07, 6.45) is 2.80. The van der Waals surface area contributed by atoms with E-state index in [1.54, 1.807) is 13.8 Å². The number of carboxylic acids is 1. The van der Waals surface area contributed by atoms with Crippen LogP contribution in [-0.4, -0.2) is 82.4 Å². The van der Waals surface area contributed by atoms with E-state index in [4.69, 9.17) is 10.8 Å². The van der Waals surface area contributed by atoms with Gasteiger partial charge in [0.2, 0.25) is 17.7 Å². The molecule has 5 unspecified atom stereocenters. The van der Waals surface area contributed by atoms with Crippen molar-refractivity contribution < 1.29 is 29.4 Å². The topological polar surface area (TPSA) is 171 Å². The third-order valence-electron chi connectivity index (χ3n) is 4.38. The standard InChI is InChI=1S/C17H32N4O6S2/c1-4-9(2)13(16(25)20-12(8-28)17(26)27)21-15(24)11(7-22)19-14(23)10(18)5-6-29-3/h9-13,22,28H,4-8,18H2,1-3H3,(H,19,23)(H,20,25)(H,21,24)(H,26,27). The Morgan fingerprint density at radius 3 is 2.10 bits per heavy atom. The van der Waals surface area contributed by atoms with Gasteiger partial charge in [0.05, 0.1) is 12.6 Å². The normalized spacial score (nSPS) is 16.1. The average molecular weight is 453 g/mol. The first-order chi connectivity index (χ1) is 13.6. The van der Waals surface area contributed by atoms with Gasteiger partial charge >= 0.3 is 5.97 Å². The van der Waals surface area contributed by atoms with Gasteiger partial charge in [-0.3, -0.25) is 14.4 Å². The van der Waals surface area contributed by atoms with Gasteiger partial charge in [0.25, 0.3) is 0 Å². The number of thiol groups is 1. The summed E-state index contributed by atoms with van der Waals surface area (Å²) in [5.74, 6) is -3.07. The number of thioether (sulfide) groups is 1. The molecule has 0 saturated carbocycles. The monoisotopic (exact) mass is 452 g/mol. The van der Waals surface area contributed by atoms with Crippen LogP contribution in [0.25, 0.3) is 0 Å². The molecule has 5 atom stereocenters. The number of carbonyl (C=O) groups excluding carboxylic acids is 3. The van der Waals surface area contributed by atoms with E-state index in [1.807, 2.05) is 6.26 Å². The fourth-order valence-electron chi connectivity index (χ4n) is 2.25. The molecule has 0 spiro atoms. The number of amides is 3. The van der Waals surface area contributed by atoms with Gasteiger partial charge in [-0.15, -0.1) is 0 Å². The molecule has 0 fully saturated rings. The third kappa shape index (κ3) is 9.70. The Hall–Kier alpha value is -1.50. The summed E-state index contributed by atoms with van der Waals surface area (Å²) in [7, 11) is 0. The maximum atomic E-state index is 12.5. The van der Waals surface area contributed by atoms with Gasteiger partial charge in [0, 0.05) is 5.75 Å². The second-order valence-corrected chi connectivity index (χ2v) is 7.94. The van der Waals surface area contributed by atoms with E-state index in [9.17, 15) is 24.3 Å². The lowest BCUT2D eigenvalue weighted by Gasteiger charge is -2.27. The maximum Gasteiger partial charge on any atom is 0.327 e. The first kappa shape index (κ1) is 27.5. The van der Waals surface area contributed by atoms with E-state index in [1.165, 1.54) is 11.8 Å². The lowest BCUT2D eigenvalue weighted by molar-refractivity contribution is -0.142. The summed E-state index contributed by atoms with van der Waals surface area (Å²) < 4.78 is 0. The van der Waals surface area contributed by atoms with Gasteiger partial charge in [-0.2, -0.15) is 24.4 Å². The van der Waals surface area contributed by atoms with Gasteiger partial charge in [0.1, 0.15) is 18.1 Å². The minimum atomic E-state index is -1.29. The zero-order valence-electron chi connectivity index (χ0n) is 16.9. The summed E-state index contributed by atoms with van der Waals surface area (Å²) in [4.78, 5) is 48.3. The molecule has 0 aromatic rings. The number of nitrogens with one attached hydrogen (secondary N) is 3. The second-order valence-electron chi connectivity index (χ2n) is 6.59. The maximum absolute atomic E-state index is 12.5. The third-order valence-corrected chi connectivity index (χ3v) is 5.38. The predicted molar refractivity (Wildman–Crippen MR) is 115 cm³/mol. The lowest BCUT2D eigenvalue weighted by atomic mass is 9.97. The van der Waals surface area contributed by atoms with Gasteiger partial charge in [0.15, 0.2) is 0 Å². The van der Waals surface area contributed by atoms with Crippen molar-refractivity contribution in [3.63, 3.8) is 0 Å². The van der Waals surface area contributed by atoms with Crippen LogP contribution in [0, 0.1) is 5.92 Å². The van der Waals surface area contributed by atoms with Crippen LogP contribution in [-0.2, 0) is 19.2 Å². The molecule has 10 nitrogen and oxygen atoms in total. The molecule has 0 radical (unpaired) electrons. The SMILES string of the molecule is CCC(C)C(NC(=O)C(CO)NC(=O)C(N)CCSC)C(=O)NC(CS)C(=O)O. The Labute approximate surface area is 180 Å². The number of aliphatic carboxylic acids is 1. The highest BCUT2D eigenvalue weighted by Gasteiger charge is 2.32. The van der Waals surface area contributed by atoms with E-state index in [2.05, 4.69) is 28.6 Å². The summed E-state index contributed by atoms with van der Waals surface area (Å²) in [6, 6.07) is -4.38. The number of hydrogen-bond donors (Lipinski definition) is 7. The molecule has 0 aromatic carbocycles.